The minimum absolute atomic E-state index is 0. The molecule has 0 radical (unpaired) electrons. The predicted molar refractivity (Wildman–Crippen MR) is 57.6 cm³/mol. The maximum atomic E-state index is 2.37. The molecule has 0 bridgehead atoms. The summed E-state index contributed by atoms with van der Waals surface area (Å²) in [5, 5.41) is 0. The van der Waals surface area contributed by atoms with Gasteiger partial charge in [0, 0.05) is 13.1 Å². The highest BCUT2D eigenvalue weighted by molar-refractivity contribution is 5.08. The van der Waals surface area contributed by atoms with E-state index < -0.39 is 0 Å². The highest BCUT2D eigenvalue weighted by Crippen LogP contribution is 2.04. The van der Waals surface area contributed by atoms with Gasteiger partial charge in [0.25, 0.3) is 0 Å². The van der Waals surface area contributed by atoms with Gasteiger partial charge in [0.15, 0.2) is 0 Å². The molecular formula is C11H21NO. The normalized spacial score (nSPS) is 14.4. The van der Waals surface area contributed by atoms with Gasteiger partial charge in [-0.1, -0.05) is 38.3 Å². The van der Waals surface area contributed by atoms with Crippen LogP contribution in [0.15, 0.2) is 24.4 Å². The van der Waals surface area contributed by atoms with Crippen LogP contribution in [0.2, 0.25) is 0 Å². The van der Waals surface area contributed by atoms with Crippen molar-refractivity contribution >= 4 is 0 Å². The molecule has 0 saturated heterocycles. The number of hydrogen-bond acceptors (Lipinski definition) is 1. The fourth-order valence-corrected chi connectivity index (χ4v) is 1.41. The third-order valence-corrected chi connectivity index (χ3v) is 2.18. The van der Waals surface area contributed by atoms with Crippen molar-refractivity contribution in [3.63, 3.8) is 0 Å². The Labute approximate surface area is 81.2 Å². The second-order valence-electron chi connectivity index (χ2n) is 3.33. The lowest BCUT2D eigenvalue weighted by Crippen LogP contribution is -2.19. The molecule has 0 atom stereocenters. The van der Waals surface area contributed by atoms with Gasteiger partial charge in [-0.25, -0.2) is 0 Å². The molecule has 0 aliphatic carbocycles. The Bertz CT molecular complexity index is 163. The molecule has 0 aromatic heterocycles. The Morgan fingerprint density at radius 1 is 1.15 bits per heavy atom. The van der Waals surface area contributed by atoms with Crippen molar-refractivity contribution in [1.82, 2.24) is 4.90 Å². The Morgan fingerprint density at radius 2 is 2.00 bits per heavy atom. The molecule has 13 heavy (non-hydrogen) atoms. The van der Waals surface area contributed by atoms with Crippen LogP contribution < -0.4 is 0 Å². The van der Waals surface area contributed by atoms with Gasteiger partial charge in [0.1, 0.15) is 0 Å². The first-order chi connectivity index (χ1) is 5.93. The van der Waals surface area contributed by atoms with Crippen LogP contribution in [0.5, 0.6) is 0 Å². The zero-order chi connectivity index (χ0) is 8.65. The molecule has 0 saturated carbocycles. The number of allylic oxidation sites excluding steroid dienone is 2. The second-order valence-corrected chi connectivity index (χ2v) is 3.33. The molecule has 0 fully saturated rings. The Balaban J connectivity index is 0.00000144. The van der Waals surface area contributed by atoms with E-state index in [9.17, 15) is 0 Å². The Kier molecular flexibility index (Phi) is 7.41. The lowest BCUT2D eigenvalue weighted by atomic mass is 10.2. The standard InChI is InChI=1S/C11H19N.H2O/c1-2-3-4-6-9-12-10-7-5-8-11-12;/h5,7-8,10H,2-4,6,9,11H2,1H3;1H2. The molecule has 1 aliphatic heterocycles. The number of hydrogen-bond donors (Lipinski definition) is 0. The van der Waals surface area contributed by atoms with Crippen molar-refractivity contribution in [3.8, 4) is 0 Å². The lowest BCUT2D eigenvalue weighted by Gasteiger charge is -2.19. The summed E-state index contributed by atoms with van der Waals surface area (Å²) in [6.07, 6.45) is 14.1. The van der Waals surface area contributed by atoms with Gasteiger partial charge < -0.3 is 10.4 Å². The highest BCUT2D eigenvalue weighted by Gasteiger charge is 1.97. The van der Waals surface area contributed by atoms with Gasteiger partial charge in [0.05, 0.1) is 0 Å². The van der Waals surface area contributed by atoms with Crippen LogP contribution in [0.25, 0.3) is 0 Å². The molecule has 2 heteroatoms. The number of nitrogens with zero attached hydrogens (tertiary/aromatic N) is 1. The Morgan fingerprint density at radius 3 is 2.62 bits per heavy atom. The maximum absolute atomic E-state index is 2.37. The van der Waals surface area contributed by atoms with Gasteiger partial charge in [-0.3, -0.25) is 0 Å². The predicted octanol–water partition coefficient (Wildman–Crippen LogP) is 2.13. The van der Waals surface area contributed by atoms with Crippen molar-refractivity contribution in [2.24, 2.45) is 0 Å². The summed E-state index contributed by atoms with van der Waals surface area (Å²) < 4.78 is 0. The van der Waals surface area contributed by atoms with Gasteiger partial charge in [-0.05, 0) is 18.7 Å². The van der Waals surface area contributed by atoms with E-state index in [1.165, 1.54) is 32.2 Å². The zero-order valence-corrected chi connectivity index (χ0v) is 8.50. The second kappa shape index (κ2) is 7.87. The monoisotopic (exact) mass is 183 g/mol. The van der Waals surface area contributed by atoms with Gasteiger partial charge >= 0.3 is 0 Å². The molecule has 0 unspecified atom stereocenters. The SMILES string of the molecule is CCCCCCN1C=CC=CC1.O. The molecule has 0 aromatic rings. The van der Waals surface area contributed by atoms with E-state index in [-0.39, 0.29) is 5.48 Å². The van der Waals surface area contributed by atoms with Crippen LogP contribution in [-0.4, -0.2) is 23.5 Å². The first kappa shape index (κ1) is 12.2. The molecule has 0 aromatic carbocycles. The van der Waals surface area contributed by atoms with Gasteiger partial charge in [-0.2, -0.15) is 0 Å². The first-order valence-electron chi connectivity index (χ1n) is 5.01. The van der Waals surface area contributed by atoms with Crippen molar-refractivity contribution in [1.29, 1.82) is 0 Å². The molecule has 2 nitrogen and oxygen atoms in total. The van der Waals surface area contributed by atoms with Crippen LogP contribution in [0.1, 0.15) is 32.6 Å². The van der Waals surface area contributed by atoms with E-state index in [0.717, 1.165) is 6.54 Å². The average Bonchev–Trinajstić information content (AvgIpc) is 2.14. The quantitative estimate of drug-likeness (QED) is 0.601. The van der Waals surface area contributed by atoms with E-state index in [2.05, 4.69) is 36.3 Å². The fourth-order valence-electron chi connectivity index (χ4n) is 1.41. The summed E-state index contributed by atoms with van der Waals surface area (Å²) in [6, 6.07) is 0. The zero-order valence-electron chi connectivity index (χ0n) is 8.50. The van der Waals surface area contributed by atoms with Crippen LogP contribution in [0.3, 0.4) is 0 Å². The summed E-state index contributed by atoms with van der Waals surface area (Å²) in [5.74, 6) is 0. The fraction of sp³-hybridized carbons (Fsp3) is 0.636. The molecule has 1 rings (SSSR count). The van der Waals surface area contributed by atoms with E-state index >= 15 is 0 Å². The van der Waals surface area contributed by atoms with E-state index in [1.807, 2.05) is 0 Å². The van der Waals surface area contributed by atoms with Crippen molar-refractivity contribution in [2.75, 3.05) is 13.1 Å². The third kappa shape index (κ3) is 5.47. The Hall–Kier alpha value is -0.760. The first-order valence-corrected chi connectivity index (χ1v) is 5.01. The van der Waals surface area contributed by atoms with Crippen molar-refractivity contribution < 1.29 is 5.48 Å². The number of unbranched alkanes of at least 4 members (excludes halogenated alkanes) is 3. The molecule has 1 aliphatic rings. The largest absolute Gasteiger partial charge is 0.412 e. The van der Waals surface area contributed by atoms with Crippen molar-refractivity contribution in [2.45, 2.75) is 32.6 Å². The van der Waals surface area contributed by atoms with E-state index in [4.69, 9.17) is 0 Å². The summed E-state index contributed by atoms with van der Waals surface area (Å²) in [5.41, 5.74) is 0. The molecule has 0 amide bonds. The molecule has 0 spiro atoms. The van der Waals surface area contributed by atoms with Crippen LogP contribution >= 0.6 is 0 Å². The topological polar surface area (TPSA) is 34.7 Å². The van der Waals surface area contributed by atoms with Crippen LogP contribution in [0, 0.1) is 0 Å². The van der Waals surface area contributed by atoms with Gasteiger partial charge in [-0.15, -0.1) is 0 Å². The smallest absolute Gasteiger partial charge is 0.0357 e. The van der Waals surface area contributed by atoms with Crippen LogP contribution in [-0.2, 0) is 0 Å². The summed E-state index contributed by atoms with van der Waals surface area (Å²) in [7, 11) is 0. The average molecular weight is 183 g/mol. The number of rotatable bonds is 5. The minimum Gasteiger partial charge on any atom is -0.412 e. The lowest BCUT2D eigenvalue weighted by molar-refractivity contribution is 0.394. The van der Waals surface area contributed by atoms with Crippen LogP contribution in [0.4, 0.5) is 0 Å². The van der Waals surface area contributed by atoms with E-state index in [0.29, 0.717) is 0 Å². The summed E-state index contributed by atoms with van der Waals surface area (Å²) >= 11 is 0. The molecular weight excluding hydrogens is 162 g/mol. The minimum atomic E-state index is 0. The third-order valence-electron chi connectivity index (χ3n) is 2.18. The van der Waals surface area contributed by atoms with Gasteiger partial charge in [0.2, 0.25) is 0 Å². The molecule has 76 valence electrons. The summed E-state index contributed by atoms with van der Waals surface area (Å²) in [4.78, 5) is 2.37. The summed E-state index contributed by atoms with van der Waals surface area (Å²) in [6.45, 7) is 4.58. The molecule has 2 N–H and O–H groups in total. The molecule has 1 heterocycles. The van der Waals surface area contributed by atoms with Crippen molar-refractivity contribution in [3.05, 3.63) is 24.4 Å². The maximum Gasteiger partial charge on any atom is 0.0357 e. The van der Waals surface area contributed by atoms with E-state index in [1.54, 1.807) is 0 Å². The highest BCUT2D eigenvalue weighted by atomic mass is 16.0.